The molecule has 2 aliphatic rings. The fourth-order valence-electron chi connectivity index (χ4n) is 4.69. The molecule has 3 heterocycles. The lowest BCUT2D eigenvalue weighted by molar-refractivity contribution is -0.0502. The molecule has 8 nitrogen and oxygen atoms in total. The van der Waals surface area contributed by atoms with E-state index in [1.54, 1.807) is 12.3 Å². The highest BCUT2D eigenvalue weighted by atomic mass is 19.3. The van der Waals surface area contributed by atoms with Gasteiger partial charge >= 0.3 is 6.61 Å². The summed E-state index contributed by atoms with van der Waals surface area (Å²) in [5.74, 6) is 0.732. The second-order valence-electron chi connectivity index (χ2n) is 9.54. The number of morpholine rings is 1. The van der Waals surface area contributed by atoms with Crippen molar-refractivity contribution in [1.82, 2.24) is 14.3 Å². The van der Waals surface area contributed by atoms with Crippen LogP contribution < -0.4 is 14.2 Å². The van der Waals surface area contributed by atoms with Crippen molar-refractivity contribution in [2.75, 3.05) is 40.0 Å². The number of methoxy groups -OCH3 is 1. The predicted molar refractivity (Wildman–Crippen MR) is 133 cm³/mol. The number of hydrogen-bond donors (Lipinski definition) is 0. The van der Waals surface area contributed by atoms with E-state index in [1.807, 2.05) is 22.7 Å². The van der Waals surface area contributed by atoms with Gasteiger partial charge in [0, 0.05) is 43.4 Å². The second-order valence-corrected chi connectivity index (χ2v) is 9.54. The third kappa shape index (κ3) is 5.86. The normalized spacial score (nSPS) is 18.4. The number of aromatic nitrogens is 2. The Morgan fingerprint density at radius 2 is 2.05 bits per heavy atom. The molecule has 37 heavy (non-hydrogen) atoms. The molecule has 1 saturated heterocycles. The second kappa shape index (κ2) is 11.0. The Hall–Kier alpha value is -3.24. The molecular weight excluding hydrogens is 484 g/mol. The molecule has 2 fully saturated rings. The molecule has 1 aliphatic carbocycles. The number of fused-ring (bicyclic) bond motifs is 1. The van der Waals surface area contributed by atoms with Crippen LogP contribution >= 0.6 is 0 Å². The van der Waals surface area contributed by atoms with Gasteiger partial charge in [0.1, 0.15) is 35.1 Å². The summed E-state index contributed by atoms with van der Waals surface area (Å²) < 4.78 is 50.0. The topological polar surface area (TPSA) is 74.5 Å². The van der Waals surface area contributed by atoms with Gasteiger partial charge in [-0.25, -0.2) is 4.98 Å². The van der Waals surface area contributed by atoms with E-state index >= 15 is 0 Å². The molecule has 0 radical (unpaired) electrons. The first-order chi connectivity index (χ1) is 17.9. The van der Waals surface area contributed by atoms with Crippen LogP contribution in [0.3, 0.4) is 0 Å². The van der Waals surface area contributed by atoms with Crippen molar-refractivity contribution in [3.8, 4) is 28.5 Å². The van der Waals surface area contributed by atoms with Crippen LogP contribution in [0, 0.1) is 5.92 Å². The Bertz CT molecular complexity index is 1260. The zero-order valence-corrected chi connectivity index (χ0v) is 21.0. The number of pyridine rings is 1. The molecule has 3 aromatic rings. The zero-order chi connectivity index (χ0) is 25.9. The van der Waals surface area contributed by atoms with E-state index in [4.69, 9.17) is 18.9 Å². The lowest BCUT2D eigenvalue weighted by Gasteiger charge is -2.32. The number of imidazole rings is 1. The number of halogens is 2. The molecule has 1 atom stereocenters. The number of alkyl halides is 2. The number of benzene rings is 1. The van der Waals surface area contributed by atoms with E-state index in [1.165, 1.54) is 13.2 Å². The highest BCUT2D eigenvalue weighted by molar-refractivity contribution is 6.02. The van der Waals surface area contributed by atoms with Crippen molar-refractivity contribution in [3.05, 3.63) is 42.2 Å². The number of carbonyl (C=O) groups is 1. The van der Waals surface area contributed by atoms with Crippen LogP contribution in [-0.2, 0) is 4.74 Å². The van der Waals surface area contributed by atoms with E-state index in [9.17, 15) is 13.6 Å². The molecule has 1 aromatic carbocycles. The molecular formula is C27H31F2N3O5. The molecule has 5 rings (SSSR count). The predicted octanol–water partition coefficient (Wildman–Crippen LogP) is 4.69. The van der Waals surface area contributed by atoms with Crippen molar-refractivity contribution in [2.24, 2.45) is 5.92 Å². The Kier molecular flexibility index (Phi) is 7.57. The zero-order valence-electron chi connectivity index (χ0n) is 21.0. The standard InChI is InChI=1S/C27H31F2N3O5/c1-17-16-35-9-7-31(17)8-10-36-20-5-6-32-21(15-30-25(32)14-20)19-12-23(34-2)26(22(33)11-18-3-4-18)24(13-19)37-27(28)29/h5-6,12-15,17-18,27H,3-4,7-11,16H2,1-2H3/t17-/m0/s1. The molecule has 0 spiro atoms. The molecule has 0 amide bonds. The molecule has 0 unspecified atom stereocenters. The Balaban J connectivity index is 1.38. The summed E-state index contributed by atoms with van der Waals surface area (Å²) in [4.78, 5) is 19.7. The van der Waals surface area contributed by atoms with Gasteiger partial charge in [0.25, 0.3) is 0 Å². The fourth-order valence-corrected chi connectivity index (χ4v) is 4.69. The maximum Gasteiger partial charge on any atom is 0.387 e. The maximum absolute atomic E-state index is 13.3. The highest BCUT2D eigenvalue weighted by Crippen LogP contribution is 2.40. The number of rotatable bonds is 11. The summed E-state index contributed by atoms with van der Waals surface area (Å²) in [5.41, 5.74) is 1.87. The first kappa shape index (κ1) is 25.4. The Morgan fingerprint density at radius 3 is 2.78 bits per heavy atom. The lowest BCUT2D eigenvalue weighted by Crippen LogP contribution is -2.45. The average molecular weight is 516 g/mol. The smallest absolute Gasteiger partial charge is 0.387 e. The van der Waals surface area contributed by atoms with Gasteiger partial charge in [-0.15, -0.1) is 0 Å². The summed E-state index contributed by atoms with van der Waals surface area (Å²) in [6, 6.07) is 7.14. The van der Waals surface area contributed by atoms with E-state index < -0.39 is 6.61 Å². The maximum atomic E-state index is 13.3. The van der Waals surface area contributed by atoms with E-state index in [2.05, 4.69) is 16.8 Å². The Morgan fingerprint density at radius 1 is 1.24 bits per heavy atom. The third-order valence-corrected chi connectivity index (χ3v) is 6.88. The largest absolute Gasteiger partial charge is 0.496 e. The third-order valence-electron chi connectivity index (χ3n) is 6.88. The minimum atomic E-state index is -3.07. The summed E-state index contributed by atoms with van der Waals surface area (Å²) in [5, 5.41) is 0. The first-order valence-electron chi connectivity index (χ1n) is 12.5. The van der Waals surface area contributed by atoms with Crippen molar-refractivity contribution in [3.63, 3.8) is 0 Å². The fraction of sp³-hybridized carbons (Fsp3) is 0.481. The monoisotopic (exact) mass is 515 g/mol. The Labute approximate surface area is 214 Å². The molecule has 1 saturated carbocycles. The van der Waals surface area contributed by atoms with Gasteiger partial charge in [-0.3, -0.25) is 14.1 Å². The average Bonchev–Trinajstić information content (AvgIpc) is 3.59. The number of nitrogens with zero attached hydrogens (tertiary/aromatic N) is 3. The van der Waals surface area contributed by atoms with Gasteiger partial charge < -0.3 is 18.9 Å². The number of Topliss-reactive ketones (excluding diaryl/α,β-unsaturated/α-hetero) is 1. The summed E-state index contributed by atoms with van der Waals surface area (Å²) >= 11 is 0. The van der Waals surface area contributed by atoms with Gasteiger partial charge in [-0.05, 0) is 43.9 Å². The van der Waals surface area contributed by atoms with Crippen LogP contribution in [0.4, 0.5) is 8.78 Å². The minimum Gasteiger partial charge on any atom is -0.496 e. The number of ether oxygens (including phenoxy) is 4. The van der Waals surface area contributed by atoms with Crippen molar-refractivity contribution >= 4 is 11.4 Å². The van der Waals surface area contributed by atoms with Crippen molar-refractivity contribution in [2.45, 2.75) is 38.8 Å². The van der Waals surface area contributed by atoms with E-state index in [0.717, 1.165) is 39.1 Å². The van der Waals surface area contributed by atoms with Crippen LogP contribution in [0.2, 0.25) is 0 Å². The van der Waals surface area contributed by atoms with E-state index in [-0.39, 0.29) is 29.3 Å². The number of hydrogen-bond acceptors (Lipinski definition) is 7. The van der Waals surface area contributed by atoms with Crippen molar-refractivity contribution < 1.29 is 32.5 Å². The van der Waals surface area contributed by atoms with Crippen LogP contribution in [0.15, 0.2) is 36.7 Å². The molecule has 0 bridgehead atoms. The van der Waals surface area contributed by atoms with Gasteiger partial charge in [0.05, 0.1) is 32.2 Å². The molecule has 1 aliphatic heterocycles. The van der Waals surface area contributed by atoms with Crippen molar-refractivity contribution in [1.29, 1.82) is 0 Å². The highest BCUT2D eigenvalue weighted by Gasteiger charge is 2.30. The van der Waals surface area contributed by atoms with Gasteiger partial charge in [0.15, 0.2) is 5.78 Å². The minimum absolute atomic E-state index is 0.0533. The summed E-state index contributed by atoms with van der Waals surface area (Å²) in [6.45, 7) is 2.75. The molecule has 0 N–H and O–H groups in total. The van der Waals surface area contributed by atoms with E-state index in [0.29, 0.717) is 41.2 Å². The molecule has 198 valence electrons. The number of carbonyl (C=O) groups excluding carboxylic acids is 1. The number of ketones is 1. The van der Waals surface area contributed by atoms with Crippen LogP contribution in [-0.4, -0.2) is 72.7 Å². The lowest BCUT2D eigenvalue weighted by atomic mass is 10.00. The summed E-state index contributed by atoms with van der Waals surface area (Å²) in [7, 11) is 1.41. The van der Waals surface area contributed by atoms with Crippen LogP contribution in [0.25, 0.3) is 16.9 Å². The van der Waals surface area contributed by atoms with Crippen LogP contribution in [0.1, 0.15) is 36.5 Å². The quantitative estimate of drug-likeness (QED) is 0.343. The SMILES string of the molecule is COc1cc(-c2cnc3cc(OCCN4CCOC[C@@H]4C)ccn23)cc(OC(F)F)c1C(=O)CC1CC1. The molecule has 10 heteroatoms. The van der Waals surface area contributed by atoms with Crippen LogP contribution in [0.5, 0.6) is 17.2 Å². The molecule has 2 aromatic heterocycles. The van der Waals surface area contributed by atoms with Gasteiger partial charge in [-0.2, -0.15) is 8.78 Å². The first-order valence-corrected chi connectivity index (χ1v) is 12.5. The summed E-state index contributed by atoms with van der Waals surface area (Å²) in [6.07, 6.45) is 5.68. The van der Waals surface area contributed by atoms with Gasteiger partial charge in [-0.1, -0.05) is 0 Å². The van der Waals surface area contributed by atoms with Gasteiger partial charge in [0.2, 0.25) is 0 Å².